The van der Waals surface area contributed by atoms with E-state index < -0.39 is 17.4 Å². The van der Waals surface area contributed by atoms with Crippen molar-refractivity contribution in [3.63, 3.8) is 0 Å². The molecular formula is C26H30N2O6. The fourth-order valence-electron chi connectivity index (χ4n) is 4.99. The highest BCUT2D eigenvalue weighted by atomic mass is 16.5. The first-order chi connectivity index (χ1) is 16.4. The van der Waals surface area contributed by atoms with Gasteiger partial charge in [0.25, 0.3) is 11.1 Å². The lowest BCUT2D eigenvalue weighted by atomic mass is 9.87. The van der Waals surface area contributed by atoms with Gasteiger partial charge in [0.05, 0.1) is 24.6 Å². The monoisotopic (exact) mass is 466 g/mol. The molecule has 0 fully saturated rings. The van der Waals surface area contributed by atoms with Crippen LogP contribution in [-0.2, 0) is 33.8 Å². The normalized spacial score (nSPS) is 13.7. The van der Waals surface area contributed by atoms with E-state index in [-0.39, 0.29) is 23.3 Å². The predicted molar refractivity (Wildman–Crippen MR) is 129 cm³/mol. The number of ether oxygens (including phenoxy) is 2. The van der Waals surface area contributed by atoms with E-state index in [9.17, 15) is 19.5 Å². The smallest absolute Gasteiger partial charge is 0.306 e. The number of hydrogen-bond acceptors (Lipinski definition) is 6. The summed E-state index contributed by atoms with van der Waals surface area (Å²) in [7, 11) is 2.86. The number of para-hydroxylation sites is 1. The number of benzene rings is 1. The molecule has 0 saturated carbocycles. The molecule has 3 heterocycles. The van der Waals surface area contributed by atoms with Crippen LogP contribution in [0, 0.1) is 6.92 Å². The molecule has 0 aliphatic carbocycles. The third kappa shape index (κ3) is 4.25. The topological polar surface area (TPSA) is 99.8 Å². The van der Waals surface area contributed by atoms with E-state index in [1.54, 1.807) is 29.2 Å². The molecule has 1 aromatic carbocycles. The van der Waals surface area contributed by atoms with E-state index in [0.29, 0.717) is 37.4 Å². The van der Waals surface area contributed by atoms with E-state index in [1.165, 1.54) is 13.2 Å². The molecule has 180 valence electrons. The molecular weight excluding hydrogens is 436 g/mol. The number of aromatic nitrogens is 2. The fourth-order valence-corrected chi connectivity index (χ4v) is 4.99. The third-order valence-corrected chi connectivity index (χ3v) is 6.63. The standard InChI is InChI=1S/C26H30N2O6/c1-16-13-21(29)23(26(32)27(16)11-6-12-33-2)19(15-22(30)34-3)20-14-18-8-4-7-17-9-5-10-28(24(17)18)25(20)31/h4,7-8,13-14,19,29H,5-6,9-12,15H2,1-3H3. The van der Waals surface area contributed by atoms with Crippen molar-refractivity contribution in [2.45, 2.75) is 51.6 Å². The van der Waals surface area contributed by atoms with Crippen LogP contribution in [0.25, 0.3) is 10.9 Å². The van der Waals surface area contributed by atoms with Gasteiger partial charge >= 0.3 is 5.97 Å². The first-order valence-electron chi connectivity index (χ1n) is 11.5. The highest BCUT2D eigenvalue weighted by molar-refractivity contribution is 5.84. The second kappa shape index (κ2) is 9.85. The number of pyridine rings is 2. The summed E-state index contributed by atoms with van der Waals surface area (Å²) in [4.78, 5) is 39.7. The van der Waals surface area contributed by atoms with E-state index in [4.69, 9.17) is 9.47 Å². The van der Waals surface area contributed by atoms with Crippen molar-refractivity contribution >= 4 is 16.9 Å². The molecule has 0 saturated heterocycles. The molecule has 2 aromatic heterocycles. The van der Waals surface area contributed by atoms with Gasteiger partial charge in [-0.1, -0.05) is 18.2 Å². The molecule has 0 amide bonds. The van der Waals surface area contributed by atoms with Gasteiger partial charge in [0.15, 0.2) is 0 Å². The molecule has 1 aliphatic rings. The Labute approximate surface area is 197 Å². The number of aryl methyl sites for hydroxylation is 3. The van der Waals surface area contributed by atoms with E-state index in [0.717, 1.165) is 29.3 Å². The lowest BCUT2D eigenvalue weighted by Crippen LogP contribution is -2.33. The summed E-state index contributed by atoms with van der Waals surface area (Å²) >= 11 is 0. The summed E-state index contributed by atoms with van der Waals surface area (Å²) in [6.45, 7) is 3.17. The predicted octanol–water partition coefficient (Wildman–Crippen LogP) is 2.85. The maximum Gasteiger partial charge on any atom is 0.306 e. The summed E-state index contributed by atoms with van der Waals surface area (Å²) in [5.41, 5.74) is 2.25. The van der Waals surface area contributed by atoms with Crippen LogP contribution in [0.2, 0.25) is 0 Å². The molecule has 1 aliphatic heterocycles. The summed E-state index contributed by atoms with van der Waals surface area (Å²) in [5.74, 6) is -1.74. The second-order valence-electron chi connectivity index (χ2n) is 8.74. The molecule has 4 rings (SSSR count). The van der Waals surface area contributed by atoms with Gasteiger partial charge in [-0.15, -0.1) is 0 Å². The molecule has 34 heavy (non-hydrogen) atoms. The van der Waals surface area contributed by atoms with Gasteiger partial charge < -0.3 is 23.7 Å². The Balaban J connectivity index is 1.95. The van der Waals surface area contributed by atoms with Crippen LogP contribution in [0.5, 0.6) is 5.75 Å². The van der Waals surface area contributed by atoms with Crippen molar-refractivity contribution < 1.29 is 19.4 Å². The molecule has 0 bridgehead atoms. The molecule has 0 radical (unpaired) electrons. The van der Waals surface area contributed by atoms with Crippen LogP contribution < -0.4 is 11.1 Å². The number of rotatable bonds is 8. The zero-order valence-corrected chi connectivity index (χ0v) is 19.8. The van der Waals surface area contributed by atoms with Crippen molar-refractivity contribution in [2.75, 3.05) is 20.8 Å². The Morgan fingerprint density at radius 1 is 1.18 bits per heavy atom. The quantitative estimate of drug-likeness (QED) is 0.405. The largest absolute Gasteiger partial charge is 0.507 e. The summed E-state index contributed by atoms with van der Waals surface area (Å²) in [5, 5.41) is 11.7. The van der Waals surface area contributed by atoms with Gasteiger partial charge in [0, 0.05) is 44.0 Å². The Bertz CT molecular complexity index is 1350. The molecule has 3 aromatic rings. The Morgan fingerprint density at radius 3 is 2.71 bits per heavy atom. The maximum absolute atomic E-state index is 13.7. The zero-order chi connectivity index (χ0) is 24.4. The Hall–Kier alpha value is -3.39. The Kier molecular flexibility index (Phi) is 6.88. The zero-order valence-electron chi connectivity index (χ0n) is 19.8. The third-order valence-electron chi connectivity index (χ3n) is 6.63. The minimum absolute atomic E-state index is 0.0321. The summed E-state index contributed by atoms with van der Waals surface area (Å²) in [6, 6.07) is 9.16. The maximum atomic E-state index is 13.7. The van der Waals surface area contributed by atoms with Crippen LogP contribution in [0.3, 0.4) is 0 Å². The minimum Gasteiger partial charge on any atom is -0.507 e. The highest BCUT2D eigenvalue weighted by Gasteiger charge is 2.30. The van der Waals surface area contributed by atoms with Crippen LogP contribution >= 0.6 is 0 Å². The van der Waals surface area contributed by atoms with Crippen LogP contribution in [0.4, 0.5) is 0 Å². The van der Waals surface area contributed by atoms with Crippen LogP contribution in [0.15, 0.2) is 39.9 Å². The van der Waals surface area contributed by atoms with Crippen LogP contribution in [0.1, 0.15) is 47.6 Å². The molecule has 8 heteroatoms. The van der Waals surface area contributed by atoms with Gasteiger partial charge in [-0.25, -0.2) is 0 Å². The first-order valence-corrected chi connectivity index (χ1v) is 11.5. The second-order valence-corrected chi connectivity index (χ2v) is 8.74. The lowest BCUT2D eigenvalue weighted by molar-refractivity contribution is -0.140. The molecule has 1 N–H and O–H groups in total. The number of hydrogen-bond donors (Lipinski definition) is 1. The van der Waals surface area contributed by atoms with Gasteiger partial charge in [0.2, 0.25) is 0 Å². The average Bonchev–Trinajstić information content (AvgIpc) is 2.82. The van der Waals surface area contributed by atoms with Crippen molar-refractivity contribution in [1.82, 2.24) is 9.13 Å². The Morgan fingerprint density at radius 2 is 1.97 bits per heavy atom. The number of aromatic hydroxyl groups is 1. The van der Waals surface area contributed by atoms with E-state index in [1.807, 2.05) is 18.2 Å². The number of carbonyl (C=O) groups is 1. The SMILES string of the molecule is COCCCn1c(C)cc(O)c(C(CC(=O)OC)c2cc3cccc4c3n(c2=O)CCC4)c1=O. The van der Waals surface area contributed by atoms with E-state index >= 15 is 0 Å². The number of methoxy groups -OCH3 is 2. The summed E-state index contributed by atoms with van der Waals surface area (Å²) in [6.07, 6.45) is 2.10. The minimum atomic E-state index is -0.944. The van der Waals surface area contributed by atoms with Gasteiger partial charge in [-0.2, -0.15) is 0 Å². The van der Waals surface area contributed by atoms with Crippen LogP contribution in [-0.4, -0.2) is 41.0 Å². The lowest BCUT2D eigenvalue weighted by Gasteiger charge is -2.24. The molecule has 1 unspecified atom stereocenters. The molecule has 0 spiro atoms. The summed E-state index contributed by atoms with van der Waals surface area (Å²) < 4.78 is 13.3. The van der Waals surface area contributed by atoms with E-state index in [2.05, 4.69) is 0 Å². The number of esters is 1. The molecule has 1 atom stereocenters. The fraction of sp³-hybridized carbons (Fsp3) is 0.423. The van der Waals surface area contributed by atoms with Crippen molar-refractivity contribution in [1.29, 1.82) is 0 Å². The van der Waals surface area contributed by atoms with Crippen molar-refractivity contribution in [3.05, 3.63) is 73.4 Å². The van der Waals surface area contributed by atoms with Gasteiger partial charge in [-0.3, -0.25) is 14.4 Å². The average molecular weight is 467 g/mol. The number of nitrogens with zero attached hydrogens (tertiary/aromatic N) is 2. The van der Waals surface area contributed by atoms with Crippen molar-refractivity contribution in [2.24, 2.45) is 0 Å². The van der Waals surface area contributed by atoms with Gasteiger partial charge in [0.1, 0.15) is 5.75 Å². The van der Waals surface area contributed by atoms with Gasteiger partial charge in [-0.05, 0) is 49.3 Å². The molecule has 8 nitrogen and oxygen atoms in total. The first kappa shape index (κ1) is 23.8. The van der Waals surface area contributed by atoms with Crippen molar-refractivity contribution in [3.8, 4) is 5.75 Å². The highest BCUT2D eigenvalue weighted by Crippen LogP contribution is 2.33. The number of carbonyl (C=O) groups excluding carboxylic acids is 1.